The molecule has 21 heavy (non-hydrogen) atoms. The van der Waals surface area contributed by atoms with Gasteiger partial charge in [-0.25, -0.2) is 4.79 Å². The molecule has 3 heteroatoms. The normalized spacial score (nSPS) is 24.6. The minimum absolute atomic E-state index is 0.262. The Morgan fingerprint density at radius 2 is 1.71 bits per heavy atom. The number of nitrogens with one attached hydrogen (secondary N) is 1. The first-order valence-electron chi connectivity index (χ1n) is 6.96. The molecule has 1 aliphatic rings. The molecule has 1 aliphatic heterocycles. The Bertz CT molecular complexity index is 639. The third-order valence-corrected chi connectivity index (χ3v) is 3.77. The van der Waals surface area contributed by atoms with E-state index in [1.54, 1.807) is 6.08 Å². The fourth-order valence-corrected chi connectivity index (χ4v) is 2.70. The van der Waals surface area contributed by atoms with Crippen LogP contribution < -0.4 is 5.32 Å². The highest BCUT2D eigenvalue weighted by Gasteiger charge is 2.49. The second-order valence-electron chi connectivity index (χ2n) is 5.10. The van der Waals surface area contributed by atoms with Crippen LogP contribution in [0.4, 0.5) is 0 Å². The van der Waals surface area contributed by atoms with Crippen molar-refractivity contribution in [2.75, 3.05) is 0 Å². The molecule has 1 N–H and O–H groups in total. The lowest BCUT2D eigenvalue weighted by Gasteiger charge is -2.24. The topological polar surface area (TPSA) is 38.3 Å². The number of ether oxygens (including phenoxy) is 1. The van der Waals surface area contributed by atoms with Crippen LogP contribution >= 0.6 is 0 Å². The standard InChI is InChI=1S/C18H17NO2/c1-2-13-18(15-11-7-4-8-12-15)17(20)21-16(19-18)14-9-5-3-6-10-14/h2-12,16,19H,1,13H2/t16-,18-/m0/s1. The van der Waals surface area contributed by atoms with E-state index in [2.05, 4.69) is 11.9 Å². The van der Waals surface area contributed by atoms with Crippen LogP contribution in [0.3, 0.4) is 0 Å². The van der Waals surface area contributed by atoms with Crippen LogP contribution in [0.2, 0.25) is 0 Å². The maximum absolute atomic E-state index is 12.5. The van der Waals surface area contributed by atoms with E-state index < -0.39 is 11.8 Å². The summed E-state index contributed by atoms with van der Waals surface area (Å²) >= 11 is 0. The SMILES string of the molecule is C=CC[C@@]1(c2ccccc2)N[C@H](c2ccccc2)OC1=O. The molecule has 1 fully saturated rings. The number of benzene rings is 2. The lowest BCUT2D eigenvalue weighted by atomic mass is 9.87. The molecule has 0 bridgehead atoms. The largest absolute Gasteiger partial charge is 0.441 e. The van der Waals surface area contributed by atoms with Gasteiger partial charge in [-0.2, -0.15) is 0 Å². The zero-order chi connectivity index (χ0) is 14.7. The summed E-state index contributed by atoms with van der Waals surface area (Å²) < 4.78 is 5.57. The molecule has 2 atom stereocenters. The molecule has 1 saturated heterocycles. The first-order valence-corrected chi connectivity index (χ1v) is 6.96. The molecule has 2 aromatic rings. The Morgan fingerprint density at radius 3 is 2.33 bits per heavy atom. The maximum Gasteiger partial charge on any atom is 0.333 e. The number of hydrogen-bond acceptors (Lipinski definition) is 3. The van der Waals surface area contributed by atoms with Crippen LogP contribution in [0.5, 0.6) is 0 Å². The highest BCUT2D eigenvalue weighted by atomic mass is 16.6. The van der Waals surface area contributed by atoms with Gasteiger partial charge in [0.15, 0.2) is 6.23 Å². The average Bonchev–Trinajstić information content (AvgIpc) is 2.88. The van der Waals surface area contributed by atoms with E-state index in [9.17, 15) is 4.79 Å². The van der Waals surface area contributed by atoms with Gasteiger partial charge in [-0.3, -0.25) is 5.32 Å². The number of hydrogen-bond donors (Lipinski definition) is 1. The smallest absolute Gasteiger partial charge is 0.333 e. The summed E-state index contributed by atoms with van der Waals surface area (Å²) in [5.74, 6) is -0.262. The van der Waals surface area contributed by atoms with Gasteiger partial charge in [-0.1, -0.05) is 66.7 Å². The number of cyclic esters (lactones) is 1. The second kappa shape index (κ2) is 5.54. The zero-order valence-corrected chi connectivity index (χ0v) is 11.7. The maximum atomic E-state index is 12.5. The van der Waals surface area contributed by atoms with Crippen molar-refractivity contribution in [3.8, 4) is 0 Å². The fraction of sp³-hybridized carbons (Fsp3) is 0.167. The van der Waals surface area contributed by atoms with E-state index in [1.807, 2.05) is 60.7 Å². The average molecular weight is 279 g/mol. The minimum atomic E-state index is -0.858. The van der Waals surface area contributed by atoms with E-state index >= 15 is 0 Å². The van der Waals surface area contributed by atoms with Gasteiger partial charge in [0.2, 0.25) is 0 Å². The molecular formula is C18H17NO2. The molecule has 1 heterocycles. The Kier molecular flexibility index (Phi) is 3.59. The molecule has 0 aliphatic carbocycles. The van der Waals surface area contributed by atoms with Crippen molar-refractivity contribution in [2.45, 2.75) is 18.2 Å². The Morgan fingerprint density at radius 1 is 1.10 bits per heavy atom. The fourth-order valence-electron chi connectivity index (χ4n) is 2.70. The van der Waals surface area contributed by atoms with Crippen LogP contribution in [0.25, 0.3) is 0 Å². The highest BCUT2D eigenvalue weighted by Crippen LogP contribution is 2.37. The van der Waals surface area contributed by atoms with Crippen LogP contribution in [-0.2, 0) is 15.1 Å². The van der Waals surface area contributed by atoms with Crippen molar-refractivity contribution < 1.29 is 9.53 Å². The van der Waals surface area contributed by atoms with Gasteiger partial charge in [0, 0.05) is 5.56 Å². The van der Waals surface area contributed by atoms with Gasteiger partial charge >= 0.3 is 5.97 Å². The van der Waals surface area contributed by atoms with Crippen LogP contribution in [-0.4, -0.2) is 5.97 Å². The van der Waals surface area contributed by atoms with Gasteiger partial charge in [0.25, 0.3) is 0 Å². The lowest BCUT2D eigenvalue weighted by molar-refractivity contribution is -0.145. The number of carbonyl (C=O) groups excluding carboxylic acids is 1. The van der Waals surface area contributed by atoms with Gasteiger partial charge in [-0.05, 0) is 12.0 Å². The zero-order valence-electron chi connectivity index (χ0n) is 11.7. The third-order valence-electron chi connectivity index (χ3n) is 3.77. The minimum Gasteiger partial charge on any atom is -0.441 e. The summed E-state index contributed by atoms with van der Waals surface area (Å²) in [4.78, 5) is 12.5. The number of esters is 1. The molecule has 0 saturated carbocycles. The summed E-state index contributed by atoms with van der Waals surface area (Å²) in [5.41, 5.74) is 0.977. The van der Waals surface area contributed by atoms with Gasteiger partial charge in [0.05, 0.1) is 0 Å². The van der Waals surface area contributed by atoms with Crippen molar-refractivity contribution in [2.24, 2.45) is 0 Å². The molecule has 3 nitrogen and oxygen atoms in total. The summed E-state index contributed by atoms with van der Waals surface area (Å²) in [6.45, 7) is 3.78. The van der Waals surface area contributed by atoms with Crippen molar-refractivity contribution in [3.63, 3.8) is 0 Å². The second-order valence-corrected chi connectivity index (χ2v) is 5.10. The quantitative estimate of drug-likeness (QED) is 0.689. The van der Waals surface area contributed by atoms with Gasteiger partial charge in [0.1, 0.15) is 5.54 Å². The number of rotatable bonds is 4. The molecule has 0 radical (unpaired) electrons. The van der Waals surface area contributed by atoms with E-state index in [0.29, 0.717) is 6.42 Å². The molecule has 3 rings (SSSR count). The van der Waals surface area contributed by atoms with E-state index in [4.69, 9.17) is 4.74 Å². The van der Waals surface area contributed by atoms with Gasteiger partial charge < -0.3 is 4.74 Å². The molecular weight excluding hydrogens is 262 g/mol. The van der Waals surface area contributed by atoms with E-state index in [0.717, 1.165) is 11.1 Å². The van der Waals surface area contributed by atoms with Crippen LogP contribution in [0, 0.1) is 0 Å². The van der Waals surface area contributed by atoms with Gasteiger partial charge in [-0.15, -0.1) is 6.58 Å². The summed E-state index contributed by atoms with van der Waals surface area (Å²) in [6.07, 6.45) is 1.80. The summed E-state index contributed by atoms with van der Waals surface area (Å²) in [6, 6.07) is 19.3. The summed E-state index contributed by atoms with van der Waals surface area (Å²) in [7, 11) is 0. The molecule has 0 spiro atoms. The van der Waals surface area contributed by atoms with Crippen molar-refractivity contribution in [1.82, 2.24) is 5.32 Å². The van der Waals surface area contributed by atoms with Crippen LogP contribution in [0.15, 0.2) is 73.3 Å². The first kappa shape index (κ1) is 13.6. The van der Waals surface area contributed by atoms with Crippen molar-refractivity contribution in [3.05, 3.63) is 84.4 Å². The van der Waals surface area contributed by atoms with E-state index in [1.165, 1.54) is 0 Å². The Hall–Kier alpha value is -2.39. The monoisotopic (exact) mass is 279 g/mol. The van der Waals surface area contributed by atoms with E-state index in [-0.39, 0.29) is 5.97 Å². The highest BCUT2D eigenvalue weighted by molar-refractivity contribution is 5.85. The first-order chi connectivity index (χ1) is 10.3. The summed E-state index contributed by atoms with van der Waals surface area (Å²) in [5, 5.41) is 3.34. The molecule has 106 valence electrons. The molecule has 0 aromatic heterocycles. The van der Waals surface area contributed by atoms with Crippen LogP contribution in [0.1, 0.15) is 23.8 Å². The Labute approximate surface area is 124 Å². The lowest BCUT2D eigenvalue weighted by Crippen LogP contribution is -2.42. The van der Waals surface area contributed by atoms with Crippen molar-refractivity contribution >= 4 is 5.97 Å². The Balaban J connectivity index is 1.99. The molecule has 2 aromatic carbocycles. The predicted octanol–water partition coefficient (Wildman–Crippen LogP) is 3.30. The molecule has 0 unspecified atom stereocenters. The third kappa shape index (κ3) is 2.36. The predicted molar refractivity (Wildman–Crippen MR) is 81.3 cm³/mol. The van der Waals surface area contributed by atoms with Crippen molar-refractivity contribution in [1.29, 1.82) is 0 Å². The number of carbonyl (C=O) groups is 1. The molecule has 0 amide bonds.